The molecule has 0 bridgehead atoms. The van der Waals surface area contributed by atoms with E-state index in [0.29, 0.717) is 28.5 Å². The second-order valence-corrected chi connectivity index (χ2v) is 5.62. The lowest BCUT2D eigenvalue weighted by Gasteiger charge is -2.08. The summed E-state index contributed by atoms with van der Waals surface area (Å²) in [6, 6.07) is 2.83. The molecule has 0 aliphatic rings. The van der Waals surface area contributed by atoms with Gasteiger partial charge in [-0.2, -0.15) is 0 Å². The fourth-order valence-electron chi connectivity index (χ4n) is 2.75. The topological polar surface area (TPSA) is 92.3 Å². The summed E-state index contributed by atoms with van der Waals surface area (Å²) in [4.78, 5) is 20.3. The van der Waals surface area contributed by atoms with Crippen LogP contribution in [-0.4, -0.2) is 34.2 Å². The maximum atomic E-state index is 14.1. The van der Waals surface area contributed by atoms with Crippen LogP contribution in [0.1, 0.15) is 19.8 Å². The molecule has 0 aliphatic heterocycles. The van der Waals surface area contributed by atoms with Gasteiger partial charge in [-0.25, -0.2) is 14.4 Å². The maximum Gasteiger partial charge on any atom is 0.326 e. The molecular weight excluding hydrogens is 327 g/mol. The van der Waals surface area contributed by atoms with Crippen molar-refractivity contribution in [1.82, 2.24) is 14.5 Å². The van der Waals surface area contributed by atoms with E-state index in [2.05, 4.69) is 9.97 Å². The van der Waals surface area contributed by atoms with Crippen LogP contribution in [0.5, 0.6) is 5.75 Å². The summed E-state index contributed by atoms with van der Waals surface area (Å²) in [7, 11) is 1.38. The number of nitrogens with two attached hydrogens (primary N) is 1. The van der Waals surface area contributed by atoms with Crippen LogP contribution in [-0.2, 0) is 16.1 Å². The number of rotatable bonds is 6. The highest BCUT2D eigenvalue weighted by molar-refractivity contribution is 6.12. The largest absolute Gasteiger partial charge is 0.494 e. The molecule has 0 saturated carbocycles. The van der Waals surface area contributed by atoms with E-state index in [1.54, 1.807) is 4.57 Å². The second-order valence-electron chi connectivity index (χ2n) is 5.62. The van der Waals surface area contributed by atoms with Crippen LogP contribution in [0.3, 0.4) is 0 Å². The number of ether oxygens (including phenoxy) is 2. The van der Waals surface area contributed by atoms with Gasteiger partial charge < -0.3 is 19.8 Å². The molecule has 0 saturated heterocycles. The van der Waals surface area contributed by atoms with Crippen LogP contribution >= 0.6 is 0 Å². The van der Waals surface area contributed by atoms with Crippen molar-refractivity contribution in [3.05, 3.63) is 24.3 Å². The Hall–Kier alpha value is -2.90. The number of anilines is 1. The standard InChI is InChI=1S/C17H19FN4O3/c1-3-4-5-25-14(23)8-22-12-7-13(24-2)11(18)6-10(12)15-16(19)20-9-21-17(15)22/h6-7,9H,3-5,8H2,1-2H3,(H2,19,20,21). The van der Waals surface area contributed by atoms with Gasteiger partial charge in [0.05, 0.1) is 24.6 Å². The third kappa shape index (κ3) is 3.07. The second kappa shape index (κ2) is 6.92. The van der Waals surface area contributed by atoms with Crippen LogP contribution < -0.4 is 10.5 Å². The van der Waals surface area contributed by atoms with E-state index in [4.69, 9.17) is 15.2 Å². The molecular formula is C17H19FN4O3. The van der Waals surface area contributed by atoms with Crippen molar-refractivity contribution in [3.63, 3.8) is 0 Å². The Bertz CT molecular complexity index is 939. The zero-order chi connectivity index (χ0) is 18.0. The molecule has 0 spiro atoms. The Morgan fingerprint density at radius 1 is 1.36 bits per heavy atom. The Labute approximate surface area is 143 Å². The minimum absolute atomic E-state index is 0.0606. The molecule has 8 heteroatoms. The predicted octanol–water partition coefficient (Wildman–Crippen LogP) is 2.66. The molecule has 1 aromatic carbocycles. The summed E-state index contributed by atoms with van der Waals surface area (Å²) < 4.78 is 26.1. The van der Waals surface area contributed by atoms with E-state index in [1.165, 1.54) is 25.6 Å². The van der Waals surface area contributed by atoms with Crippen molar-refractivity contribution in [2.24, 2.45) is 0 Å². The third-order valence-electron chi connectivity index (χ3n) is 3.99. The third-order valence-corrected chi connectivity index (χ3v) is 3.99. The van der Waals surface area contributed by atoms with Gasteiger partial charge >= 0.3 is 5.97 Å². The first-order valence-electron chi connectivity index (χ1n) is 7.98. The van der Waals surface area contributed by atoms with Crippen molar-refractivity contribution in [1.29, 1.82) is 0 Å². The quantitative estimate of drug-likeness (QED) is 0.545. The Balaban J connectivity index is 2.14. The summed E-state index contributed by atoms with van der Waals surface area (Å²) in [6.45, 7) is 2.32. The molecule has 0 fully saturated rings. The molecule has 0 amide bonds. The lowest BCUT2D eigenvalue weighted by Crippen LogP contribution is -2.14. The summed E-state index contributed by atoms with van der Waals surface area (Å²) in [5.41, 5.74) is 6.97. The number of hydrogen-bond donors (Lipinski definition) is 1. The first-order valence-corrected chi connectivity index (χ1v) is 7.98. The van der Waals surface area contributed by atoms with Crippen LogP contribution in [0, 0.1) is 5.82 Å². The molecule has 2 N–H and O–H groups in total. The van der Waals surface area contributed by atoms with Crippen LogP contribution in [0.4, 0.5) is 10.2 Å². The number of fused-ring (bicyclic) bond motifs is 3. The predicted molar refractivity (Wildman–Crippen MR) is 91.8 cm³/mol. The zero-order valence-electron chi connectivity index (χ0n) is 14.1. The molecule has 3 aromatic rings. The van der Waals surface area contributed by atoms with Gasteiger partial charge in [0.15, 0.2) is 11.6 Å². The van der Waals surface area contributed by atoms with Gasteiger partial charge in [0.25, 0.3) is 0 Å². The highest BCUT2D eigenvalue weighted by Crippen LogP contribution is 2.34. The summed E-state index contributed by atoms with van der Waals surface area (Å²) in [5, 5.41) is 1.02. The Morgan fingerprint density at radius 3 is 2.88 bits per heavy atom. The fourth-order valence-corrected chi connectivity index (χ4v) is 2.75. The molecule has 7 nitrogen and oxygen atoms in total. The van der Waals surface area contributed by atoms with Gasteiger partial charge in [-0.05, 0) is 12.5 Å². The molecule has 0 atom stereocenters. The number of nitrogen functional groups attached to an aromatic ring is 1. The smallest absolute Gasteiger partial charge is 0.326 e. The number of carbonyl (C=O) groups excluding carboxylic acids is 1. The van der Waals surface area contributed by atoms with Gasteiger partial charge in [-0.15, -0.1) is 0 Å². The van der Waals surface area contributed by atoms with Gasteiger partial charge in [0, 0.05) is 11.5 Å². The fraction of sp³-hybridized carbons (Fsp3) is 0.353. The van der Waals surface area contributed by atoms with Crippen molar-refractivity contribution < 1.29 is 18.7 Å². The number of methoxy groups -OCH3 is 1. The maximum absolute atomic E-state index is 14.1. The van der Waals surface area contributed by atoms with Crippen molar-refractivity contribution in [3.8, 4) is 5.75 Å². The average molecular weight is 346 g/mol. The lowest BCUT2D eigenvalue weighted by atomic mass is 10.2. The lowest BCUT2D eigenvalue weighted by molar-refractivity contribution is -0.144. The van der Waals surface area contributed by atoms with E-state index in [-0.39, 0.29) is 18.1 Å². The first-order chi connectivity index (χ1) is 12.1. The number of hydrogen-bond acceptors (Lipinski definition) is 6. The summed E-state index contributed by atoms with van der Waals surface area (Å²) in [6.07, 6.45) is 3.04. The molecule has 3 rings (SSSR count). The number of esters is 1. The number of nitrogens with zero attached hydrogens (tertiary/aromatic N) is 3. The van der Waals surface area contributed by atoms with Crippen molar-refractivity contribution in [2.75, 3.05) is 19.5 Å². The van der Waals surface area contributed by atoms with Gasteiger partial charge in [0.1, 0.15) is 24.3 Å². The van der Waals surface area contributed by atoms with E-state index in [0.717, 1.165) is 12.8 Å². The monoisotopic (exact) mass is 346 g/mol. The van der Waals surface area contributed by atoms with Gasteiger partial charge in [-0.3, -0.25) is 4.79 Å². The number of aromatic nitrogens is 3. The van der Waals surface area contributed by atoms with E-state index < -0.39 is 11.8 Å². The Morgan fingerprint density at radius 2 is 2.16 bits per heavy atom. The van der Waals surface area contributed by atoms with Crippen LogP contribution in [0.25, 0.3) is 21.9 Å². The van der Waals surface area contributed by atoms with Crippen molar-refractivity contribution >= 4 is 33.7 Å². The summed E-state index contributed by atoms with van der Waals surface area (Å²) in [5.74, 6) is -0.629. The molecule has 25 heavy (non-hydrogen) atoms. The molecule has 0 unspecified atom stereocenters. The highest BCUT2D eigenvalue weighted by Gasteiger charge is 2.20. The van der Waals surface area contributed by atoms with Crippen LogP contribution in [0.2, 0.25) is 0 Å². The minimum atomic E-state index is -0.525. The first kappa shape index (κ1) is 16.9. The molecule has 0 radical (unpaired) electrons. The van der Waals surface area contributed by atoms with E-state index >= 15 is 0 Å². The highest BCUT2D eigenvalue weighted by atomic mass is 19.1. The number of unbranched alkanes of at least 4 members (excludes halogenated alkanes) is 1. The van der Waals surface area contributed by atoms with Crippen molar-refractivity contribution in [2.45, 2.75) is 26.3 Å². The van der Waals surface area contributed by atoms with Gasteiger partial charge in [0.2, 0.25) is 0 Å². The SMILES string of the molecule is CCCCOC(=O)Cn1c2cc(OC)c(F)cc2c2c(N)ncnc21. The zero-order valence-corrected chi connectivity index (χ0v) is 14.1. The number of carbonyl (C=O) groups is 1. The molecule has 2 aromatic heterocycles. The molecule has 0 aliphatic carbocycles. The van der Waals surface area contributed by atoms with E-state index in [1.807, 2.05) is 6.92 Å². The normalized spacial score (nSPS) is 11.2. The van der Waals surface area contributed by atoms with E-state index in [9.17, 15) is 9.18 Å². The van der Waals surface area contributed by atoms with Gasteiger partial charge in [-0.1, -0.05) is 13.3 Å². The Kier molecular flexibility index (Phi) is 4.69. The average Bonchev–Trinajstić information content (AvgIpc) is 2.88. The minimum Gasteiger partial charge on any atom is -0.494 e. The number of benzene rings is 1. The molecule has 2 heterocycles. The number of halogens is 1. The molecule has 132 valence electrons. The summed E-state index contributed by atoms with van der Waals surface area (Å²) >= 11 is 0. The van der Waals surface area contributed by atoms with Crippen LogP contribution in [0.15, 0.2) is 18.5 Å².